The molecule has 0 fully saturated rings. The molecule has 0 spiro atoms. The van der Waals surface area contributed by atoms with Crippen molar-refractivity contribution in [2.75, 3.05) is 25.1 Å². The molecule has 0 aliphatic carbocycles. The molecular formula is C20H20F3NO5. The summed E-state index contributed by atoms with van der Waals surface area (Å²) < 4.78 is 53.2. The lowest BCUT2D eigenvalue weighted by molar-refractivity contribution is -0.149. The number of carbonyl (C=O) groups is 2. The van der Waals surface area contributed by atoms with E-state index in [2.05, 4.69) is 5.32 Å². The van der Waals surface area contributed by atoms with Crippen molar-refractivity contribution < 1.29 is 37.0 Å². The zero-order valence-electron chi connectivity index (χ0n) is 15.6. The van der Waals surface area contributed by atoms with Crippen LogP contribution in [-0.2, 0) is 20.5 Å². The van der Waals surface area contributed by atoms with Crippen LogP contribution in [0.25, 0.3) is 0 Å². The fourth-order valence-corrected chi connectivity index (χ4v) is 2.16. The normalized spacial score (nSPS) is 10.9. The standard InChI is InChI=1S/C20H20F3NO5/c1-2-11-27-16-5-3-4-6-17(16)28-13-19(26)29-12-18(25)24-15-9-7-14(8-10-15)20(21,22)23/h3-10H,2,11-13H2,1H3,(H,24,25). The third kappa shape index (κ3) is 7.36. The highest BCUT2D eigenvalue weighted by Crippen LogP contribution is 2.30. The van der Waals surface area contributed by atoms with Gasteiger partial charge in [0.15, 0.2) is 24.7 Å². The Balaban J connectivity index is 1.77. The van der Waals surface area contributed by atoms with Crippen molar-refractivity contribution in [3.63, 3.8) is 0 Å². The van der Waals surface area contributed by atoms with E-state index in [0.29, 0.717) is 18.1 Å². The van der Waals surface area contributed by atoms with Crippen LogP contribution >= 0.6 is 0 Å². The number of carbonyl (C=O) groups excluding carboxylic acids is 2. The van der Waals surface area contributed by atoms with Crippen molar-refractivity contribution in [3.8, 4) is 11.5 Å². The van der Waals surface area contributed by atoms with Gasteiger partial charge in [0.2, 0.25) is 0 Å². The number of para-hydroxylation sites is 2. The summed E-state index contributed by atoms with van der Waals surface area (Å²) in [5.41, 5.74) is -0.681. The van der Waals surface area contributed by atoms with Gasteiger partial charge in [-0.2, -0.15) is 13.2 Å². The van der Waals surface area contributed by atoms with E-state index in [0.717, 1.165) is 30.7 Å². The van der Waals surface area contributed by atoms with E-state index in [1.165, 1.54) is 0 Å². The van der Waals surface area contributed by atoms with Gasteiger partial charge < -0.3 is 19.5 Å². The van der Waals surface area contributed by atoms with Crippen LogP contribution in [0.3, 0.4) is 0 Å². The van der Waals surface area contributed by atoms with Crippen LogP contribution in [0.4, 0.5) is 18.9 Å². The molecule has 0 atom stereocenters. The molecule has 2 rings (SSSR count). The van der Waals surface area contributed by atoms with E-state index in [-0.39, 0.29) is 5.69 Å². The number of rotatable bonds is 9. The van der Waals surface area contributed by atoms with Crippen molar-refractivity contribution in [2.45, 2.75) is 19.5 Å². The first-order chi connectivity index (χ1) is 13.8. The van der Waals surface area contributed by atoms with Gasteiger partial charge in [0, 0.05) is 5.69 Å². The number of anilines is 1. The van der Waals surface area contributed by atoms with E-state index in [9.17, 15) is 22.8 Å². The summed E-state index contributed by atoms with van der Waals surface area (Å²) in [5, 5.41) is 2.34. The third-order valence-corrected chi connectivity index (χ3v) is 3.52. The molecule has 6 nitrogen and oxygen atoms in total. The van der Waals surface area contributed by atoms with Gasteiger partial charge in [0.25, 0.3) is 5.91 Å². The molecule has 1 N–H and O–H groups in total. The van der Waals surface area contributed by atoms with Gasteiger partial charge in [-0.15, -0.1) is 0 Å². The van der Waals surface area contributed by atoms with E-state index in [4.69, 9.17) is 14.2 Å². The van der Waals surface area contributed by atoms with Gasteiger partial charge in [-0.05, 0) is 42.8 Å². The lowest BCUT2D eigenvalue weighted by Crippen LogP contribution is -2.23. The molecule has 0 aromatic heterocycles. The average Bonchev–Trinajstić information content (AvgIpc) is 2.69. The molecule has 2 aromatic rings. The average molecular weight is 411 g/mol. The number of nitrogens with one attached hydrogen (secondary N) is 1. The summed E-state index contributed by atoms with van der Waals surface area (Å²) >= 11 is 0. The number of esters is 1. The van der Waals surface area contributed by atoms with Crippen molar-refractivity contribution in [1.29, 1.82) is 0 Å². The minimum atomic E-state index is -4.46. The predicted molar refractivity (Wildman–Crippen MR) is 98.8 cm³/mol. The van der Waals surface area contributed by atoms with Crippen molar-refractivity contribution in [1.82, 2.24) is 0 Å². The van der Waals surface area contributed by atoms with E-state index in [1.807, 2.05) is 6.92 Å². The van der Waals surface area contributed by atoms with Gasteiger partial charge >= 0.3 is 12.1 Å². The predicted octanol–water partition coefficient (Wildman–Crippen LogP) is 4.05. The second kappa shape index (κ2) is 10.4. The minimum absolute atomic E-state index is 0.150. The zero-order valence-corrected chi connectivity index (χ0v) is 15.6. The number of benzene rings is 2. The van der Waals surface area contributed by atoms with Crippen LogP contribution in [0.15, 0.2) is 48.5 Å². The Morgan fingerprint density at radius 1 is 0.931 bits per heavy atom. The molecule has 0 radical (unpaired) electrons. The third-order valence-electron chi connectivity index (χ3n) is 3.52. The maximum absolute atomic E-state index is 12.5. The fourth-order valence-electron chi connectivity index (χ4n) is 2.16. The SMILES string of the molecule is CCCOc1ccccc1OCC(=O)OCC(=O)Nc1ccc(C(F)(F)F)cc1. The highest BCUT2D eigenvalue weighted by molar-refractivity contribution is 5.92. The first kappa shape index (κ1) is 22.1. The Kier molecular flexibility index (Phi) is 7.88. The molecule has 0 heterocycles. The molecule has 2 aromatic carbocycles. The number of halogens is 3. The molecule has 0 aliphatic heterocycles. The molecular weight excluding hydrogens is 391 g/mol. The fraction of sp³-hybridized carbons (Fsp3) is 0.300. The first-order valence-corrected chi connectivity index (χ1v) is 8.77. The Hall–Kier alpha value is -3.23. The molecule has 1 amide bonds. The van der Waals surface area contributed by atoms with Crippen LogP contribution in [0.2, 0.25) is 0 Å². The van der Waals surface area contributed by atoms with Gasteiger partial charge in [0.05, 0.1) is 12.2 Å². The Morgan fingerprint density at radius 3 is 2.14 bits per heavy atom. The van der Waals surface area contributed by atoms with Crippen molar-refractivity contribution >= 4 is 17.6 Å². The minimum Gasteiger partial charge on any atom is -0.490 e. The molecule has 0 saturated carbocycles. The maximum atomic E-state index is 12.5. The monoisotopic (exact) mass is 411 g/mol. The largest absolute Gasteiger partial charge is 0.490 e. The van der Waals surface area contributed by atoms with Crippen molar-refractivity contribution in [2.24, 2.45) is 0 Å². The summed E-state index contributed by atoms with van der Waals surface area (Å²) in [7, 11) is 0. The summed E-state index contributed by atoms with van der Waals surface area (Å²) in [5.74, 6) is -0.614. The highest BCUT2D eigenvalue weighted by atomic mass is 19.4. The number of amides is 1. The molecule has 156 valence electrons. The Morgan fingerprint density at radius 2 is 1.55 bits per heavy atom. The van der Waals surface area contributed by atoms with Crippen LogP contribution in [0, 0.1) is 0 Å². The molecule has 0 aliphatic rings. The highest BCUT2D eigenvalue weighted by Gasteiger charge is 2.30. The van der Waals surface area contributed by atoms with Crippen LogP contribution in [-0.4, -0.2) is 31.7 Å². The quantitative estimate of drug-likeness (QED) is 0.630. The summed E-state index contributed by atoms with van der Waals surface area (Å²) in [6.07, 6.45) is -3.65. The summed E-state index contributed by atoms with van der Waals surface area (Å²) in [6, 6.07) is 10.7. The molecule has 0 bridgehead atoms. The van der Waals surface area contributed by atoms with Crippen LogP contribution < -0.4 is 14.8 Å². The Bertz CT molecular complexity index is 822. The van der Waals surface area contributed by atoms with Gasteiger partial charge in [0.1, 0.15) is 0 Å². The van der Waals surface area contributed by atoms with Gasteiger partial charge in [-0.25, -0.2) is 4.79 Å². The van der Waals surface area contributed by atoms with E-state index >= 15 is 0 Å². The number of ether oxygens (including phenoxy) is 3. The van der Waals surface area contributed by atoms with Crippen LogP contribution in [0.1, 0.15) is 18.9 Å². The number of hydrogen-bond acceptors (Lipinski definition) is 5. The van der Waals surface area contributed by atoms with E-state index in [1.54, 1.807) is 24.3 Å². The van der Waals surface area contributed by atoms with Crippen LogP contribution in [0.5, 0.6) is 11.5 Å². The van der Waals surface area contributed by atoms with Gasteiger partial charge in [-0.3, -0.25) is 4.79 Å². The molecule has 9 heteroatoms. The first-order valence-electron chi connectivity index (χ1n) is 8.77. The zero-order chi connectivity index (χ0) is 21.3. The lowest BCUT2D eigenvalue weighted by atomic mass is 10.2. The smallest absolute Gasteiger partial charge is 0.416 e. The van der Waals surface area contributed by atoms with Gasteiger partial charge in [-0.1, -0.05) is 19.1 Å². The summed E-state index contributed by atoms with van der Waals surface area (Å²) in [4.78, 5) is 23.5. The van der Waals surface area contributed by atoms with E-state index < -0.39 is 36.8 Å². The maximum Gasteiger partial charge on any atom is 0.416 e. The molecule has 0 saturated heterocycles. The lowest BCUT2D eigenvalue weighted by Gasteiger charge is -2.12. The summed E-state index contributed by atoms with van der Waals surface area (Å²) in [6.45, 7) is 1.42. The van der Waals surface area contributed by atoms with Crippen molar-refractivity contribution in [3.05, 3.63) is 54.1 Å². The second-order valence-corrected chi connectivity index (χ2v) is 5.87. The number of hydrogen-bond donors (Lipinski definition) is 1. The number of alkyl halides is 3. The topological polar surface area (TPSA) is 73.9 Å². The molecule has 29 heavy (non-hydrogen) atoms. The second-order valence-electron chi connectivity index (χ2n) is 5.87. The molecule has 0 unspecified atom stereocenters. The Labute approximate surface area is 165 Å².